The summed E-state index contributed by atoms with van der Waals surface area (Å²) >= 11 is 0. The number of guanidine groups is 1. The molecule has 0 radical (unpaired) electrons. The van der Waals surface area contributed by atoms with Gasteiger partial charge in [-0.3, -0.25) is 0 Å². The molecule has 2 aliphatic heterocycles. The summed E-state index contributed by atoms with van der Waals surface area (Å²) < 4.78 is 5.93. The third kappa shape index (κ3) is 4.42. The van der Waals surface area contributed by atoms with Crippen LogP contribution in [0.15, 0.2) is 17.1 Å². The van der Waals surface area contributed by atoms with Gasteiger partial charge < -0.3 is 15.4 Å². The zero-order valence-electron chi connectivity index (χ0n) is 15.2. The summed E-state index contributed by atoms with van der Waals surface area (Å²) in [5.41, 5.74) is 5.30. The summed E-state index contributed by atoms with van der Waals surface area (Å²) in [6, 6.07) is 4.89. The van der Waals surface area contributed by atoms with E-state index < -0.39 is 0 Å². The standard InChI is InChI=1S/C19H29N3O.HI/c1-5-20-19(22-17-10-15-6-7-18(17)23-15)21-11-16-13(3)8-12(2)9-14(16)4;/h8-9,15,17-18H,5-7,10-11H2,1-4H3,(H2,20,21,22);1H. The first kappa shape index (κ1) is 19.5. The van der Waals surface area contributed by atoms with Gasteiger partial charge in [-0.25, -0.2) is 4.99 Å². The quantitative estimate of drug-likeness (QED) is 0.425. The summed E-state index contributed by atoms with van der Waals surface area (Å²) in [7, 11) is 0. The number of nitrogens with zero attached hydrogens (tertiary/aromatic N) is 1. The van der Waals surface area contributed by atoms with E-state index in [1.165, 1.54) is 35.1 Å². The highest BCUT2D eigenvalue weighted by Gasteiger charge is 2.41. The normalized spacial score (nSPS) is 25.5. The minimum Gasteiger partial charge on any atom is -0.373 e. The molecule has 2 bridgehead atoms. The number of nitrogens with one attached hydrogen (secondary N) is 2. The molecule has 2 fully saturated rings. The van der Waals surface area contributed by atoms with Crippen LogP contribution in [0.25, 0.3) is 0 Å². The average Bonchev–Trinajstić information content (AvgIpc) is 3.08. The number of aryl methyl sites for hydroxylation is 3. The number of benzene rings is 1. The van der Waals surface area contributed by atoms with E-state index in [0.29, 0.717) is 18.2 Å². The highest BCUT2D eigenvalue weighted by atomic mass is 127. The maximum absolute atomic E-state index is 5.93. The lowest BCUT2D eigenvalue weighted by molar-refractivity contribution is 0.0992. The number of hydrogen-bond donors (Lipinski definition) is 2. The molecule has 0 amide bonds. The number of ether oxygens (including phenoxy) is 1. The second-order valence-electron chi connectivity index (χ2n) is 6.93. The van der Waals surface area contributed by atoms with E-state index in [1.807, 2.05) is 0 Å². The van der Waals surface area contributed by atoms with Gasteiger partial charge in [-0.2, -0.15) is 0 Å². The molecular weight excluding hydrogens is 413 g/mol. The highest BCUT2D eigenvalue weighted by molar-refractivity contribution is 14.0. The molecule has 2 N–H and O–H groups in total. The Morgan fingerprint density at radius 2 is 1.92 bits per heavy atom. The number of halogens is 1. The van der Waals surface area contributed by atoms with Crippen LogP contribution in [-0.4, -0.2) is 30.8 Å². The van der Waals surface area contributed by atoms with Gasteiger partial charge in [0.2, 0.25) is 0 Å². The van der Waals surface area contributed by atoms with Crippen molar-refractivity contribution in [3.63, 3.8) is 0 Å². The van der Waals surface area contributed by atoms with Crippen molar-refractivity contribution in [1.29, 1.82) is 0 Å². The molecule has 0 aromatic heterocycles. The summed E-state index contributed by atoms with van der Waals surface area (Å²) in [6.07, 6.45) is 4.34. The van der Waals surface area contributed by atoms with E-state index in [4.69, 9.17) is 9.73 Å². The summed E-state index contributed by atoms with van der Waals surface area (Å²) in [5, 5.41) is 6.96. The van der Waals surface area contributed by atoms with Crippen LogP contribution in [0.1, 0.15) is 48.4 Å². The van der Waals surface area contributed by atoms with Crippen LogP contribution in [0.5, 0.6) is 0 Å². The minimum absolute atomic E-state index is 0. The zero-order chi connectivity index (χ0) is 16.4. The molecule has 0 saturated carbocycles. The molecule has 1 aromatic carbocycles. The average molecular weight is 443 g/mol. The Balaban J connectivity index is 0.00000208. The highest BCUT2D eigenvalue weighted by Crippen LogP contribution is 2.34. The molecular formula is C19H30IN3O. The van der Waals surface area contributed by atoms with E-state index in [9.17, 15) is 0 Å². The molecule has 0 aliphatic carbocycles. The Hall–Kier alpha value is -0.820. The molecule has 2 saturated heterocycles. The Kier molecular flexibility index (Phi) is 6.92. The van der Waals surface area contributed by atoms with Crippen LogP contribution in [0.3, 0.4) is 0 Å². The lowest BCUT2D eigenvalue weighted by atomic mass is 9.96. The van der Waals surface area contributed by atoms with Crippen molar-refractivity contribution in [2.45, 2.75) is 71.8 Å². The van der Waals surface area contributed by atoms with Crippen LogP contribution in [0, 0.1) is 20.8 Å². The van der Waals surface area contributed by atoms with E-state index in [0.717, 1.165) is 25.5 Å². The Labute approximate surface area is 162 Å². The van der Waals surface area contributed by atoms with Gasteiger partial charge in [0.15, 0.2) is 5.96 Å². The van der Waals surface area contributed by atoms with Gasteiger partial charge in [-0.15, -0.1) is 24.0 Å². The predicted molar refractivity (Wildman–Crippen MR) is 110 cm³/mol. The second-order valence-corrected chi connectivity index (χ2v) is 6.93. The first-order chi connectivity index (χ1) is 11.1. The van der Waals surface area contributed by atoms with E-state index in [1.54, 1.807) is 0 Å². The Bertz CT molecular complexity index is 579. The van der Waals surface area contributed by atoms with Crippen molar-refractivity contribution in [2.24, 2.45) is 4.99 Å². The van der Waals surface area contributed by atoms with Crippen LogP contribution >= 0.6 is 24.0 Å². The maximum atomic E-state index is 5.93. The molecule has 2 heterocycles. The van der Waals surface area contributed by atoms with E-state index in [-0.39, 0.29) is 24.0 Å². The Morgan fingerprint density at radius 3 is 2.46 bits per heavy atom. The Morgan fingerprint density at radius 1 is 1.21 bits per heavy atom. The smallest absolute Gasteiger partial charge is 0.191 e. The molecule has 0 spiro atoms. The number of fused-ring (bicyclic) bond motifs is 2. The van der Waals surface area contributed by atoms with Gasteiger partial charge in [0.25, 0.3) is 0 Å². The minimum atomic E-state index is 0. The fourth-order valence-electron chi connectivity index (χ4n) is 3.90. The van der Waals surface area contributed by atoms with Crippen molar-refractivity contribution < 1.29 is 4.74 Å². The molecule has 3 atom stereocenters. The van der Waals surface area contributed by atoms with Crippen molar-refractivity contribution in [3.05, 3.63) is 34.4 Å². The molecule has 24 heavy (non-hydrogen) atoms. The number of hydrogen-bond acceptors (Lipinski definition) is 2. The van der Waals surface area contributed by atoms with Gasteiger partial charge in [0.05, 0.1) is 24.8 Å². The topological polar surface area (TPSA) is 45.7 Å². The molecule has 5 heteroatoms. The molecule has 3 unspecified atom stereocenters. The second kappa shape index (κ2) is 8.52. The van der Waals surface area contributed by atoms with Crippen molar-refractivity contribution in [2.75, 3.05) is 6.54 Å². The predicted octanol–water partition coefficient (Wildman–Crippen LogP) is 3.60. The van der Waals surface area contributed by atoms with Crippen LogP contribution in [0.4, 0.5) is 0 Å². The van der Waals surface area contributed by atoms with E-state index >= 15 is 0 Å². The molecule has 1 aromatic rings. The molecule has 2 aliphatic rings. The van der Waals surface area contributed by atoms with Gasteiger partial charge in [0, 0.05) is 6.54 Å². The first-order valence-corrected chi connectivity index (χ1v) is 8.84. The fourth-order valence-corrected chi connectivity index (χ4v) is 3.90. The van der Waals surface area contributed by atoms with Crippen LogP contribution in [0.2, 0.25) is 0 Å². The van der Waals surface area contributed by atoms with Crippen molar-refractivity contribution in [1.82, 2.24) is 10.6 Å². The molecule has 4 nitrogen and oxygen atoms in total. The van der Waals surface area contributed by atoms with Gasteiger partial charge in [-0.1, -0.05) is 17.7 Å². The maximum Gasteiger partial charge on any atom is 0.191 e. The lowest BCUT2D eigenvalue weighted by Gasteiger charge is -2.22. The molecule has 3 rings (SSSR count). The van der Waals surface area contributed by atoms with Gasteiger partial charge >= 0.3 is 0 Å². The SMILES string of the molecule is CCNC(=NCc1c(C)cc(C)cc1C)NC1CC2CCC1O2.I. The monoisotopic (exact) mass is 443 g/mol. The fraction of sp³-hybridized carbons (Fsp3) is 0.632. The summed E-state index contributed by atoms with van der Waals surface area (Å²) in [4.78, 5) is 4.82. The van der Waals surface area contributed by atoms with Crippen molar-refractivity contribution >= 4 is 29.9 Å². The first-order valence-electron chi connectivity index (χ1n) is 8.84. The number of rotatable bonds is 4. The largest absolute Gasteiger partial charge is 0.373 e. The van der Waals surface area contributed by atoms with E-state index in [2.05, 4.69) is 50.5 Å². The van der Waals surface area contributed by atoms with Crippen molar-refractivity contribution in [3.8, 4) is 0 Å². The summed E-state index contributed by atoms with van der Waals surface area (Å²) in [5.74, 6) is 0.910. The molecule has 134 valence electrons. The third-order valence-electron chi connectivity index (χ3n) is 5.01. The number of aliphatic imine (C=N–C) groups is 1. The summed E-state index contributed by atoms with van der Waals surface area (Å²) in [6.45, 7) is 10.2. The van der Waals surface area contributed by atoms with Crippen LogP contribution < -0.4 is 10.6 Å². The van der Waals surface area contributed by atoms with Gasteiger partial charge in [-0.05, 0) is 63.6 Å². The third-order valence-corrected chi connectivity index (χ3v) is 5.01. The zero-order valence-corrected chi connectivity index (χ0v) is 17.5. The lowest BCUT2D eigenvalue weighted by Crippen LogP contribution is -2.47. The van der Waals surface area contributed by atoms with Gasteiger partial charge in [0.1, 0.15) is 0 Å². The van der Waals surface area contributed by atoms with Crippen LogP contribution in [-0.2, 0) is 11.3 Å².